The van der Waals surface area contributed by atoms with Crippen molar-refractivity contribution in [3.05, 3.63) is 23.8 Å². The topological polar surface area (TPSA) is 48.5 Å². The number of hydrogen-bond donors (Lipinski definition) is 3. The molecule has 2 aliphatic rings. The highest BCUT2D eigenvalue weighted by molar-refractivity contribution is 6.00. The van der Waals surface area contributed by atoms with Gasteiger partial charge in [-0.3, -0.25) is 5.43 Å². The van der Waals surface area contributed by atoms with Crippen LogP contribution in [0.5, 0.6) is 0 Å². The van der Waals surface area contributed by atoms with E-state index in [0.717, 1.165) is 24.3 Å². The van der Waals surface area contributed by atoms with Crippen LogP contribution in [0, 0.1) is 0 Å². The highest BCUT2D eigenvalue weighted by Crippen LogP contribution is 2.10. The van der Waals surface area contributed by atoms with E-state index in [-0.39, 0.29) is 0 Å². The SMILES string of the molecule is C1=CC(C2=NNNN2)=CCC1. The highest BCUT2D eigenvalue weighted by atomic mass is 15.8. The predicted molar refractivity (Wildman–Crippen MR) is 43.3 cm³/mol. The van der Waals surface area contributed by atoms with Crippen molar-refractivity contribution in [2.75, 3.05) is 0 Å². The van der Waals surface area contributed by atoms with Crippen LogP contribution in [-0.4, -0.2) is 5.84 Å². The minimum atomic E-state index is 0.862. The molecule has 11 heavy (non-hydrogen) atoms. The van der Waals surface area contributed by atoms with Crippen LogP contribution in [0.3, 0.4) is 0 Å². The maximum absolute atomic E-state index is 3.98. The van der Waals surface area contributed by atoms with Gasteiger partial charge in [-0.2, -0.15) is 0 Å². The maximum atomic E-state index is 3.98. The third-order valence-corrected chi connectivity index (χ3v) is 1.67. The van der Waals surface area contributed by atoms with Gasteiger partial charge in [0.2, 0.25) is 0 Å². The second-order valence-electron chi connectivity index (χ2n) is 2.46. The fourth-order valence-corrected chi connectivity index (χ4v) is 1.12. The molecule has 2 rings (SSSR count). The third kappa shape index (κ3) is 1.25. The number of nitrogens with one attached hydrogen (secondary N) is 3. The summed E-state index contributed by atoms with van der Waals surface area (Å²) in [4.78, 5) is 0. The van der Waals surface area contributed by atoms with E-state index in [4.69, 9.17) is 0 Å². The van der Waals surface area contributed by atoms with Gasteiger partial charge in [0, 0.05) is 5.57 Å². The highest BCUT2D eigenvalue weighted by Gasteiger charge is 2.08. The van der Waals surface area contributed by atoms with Gasteiger partial charge >= 0.3 is 0 Å². The molecule has 0 fully saturated rings. The zero-order valence-electron chi connectivity index (χ0n) is 6.09. The van der Waals surface area contributed by atoms with Crippen LogP contribution in [0.4, 0.5) is 0 Å². The van der Waals surface area contributed by atoms with Crippen LogP contribution in [0.1, 0.15) is 12.8 Å². The van der Waals surface area contributed by atoms with Crippen molar-refractivity contribution < 1.29 is 0 Å². The van der Waals surface area contributed by atoms with E-state index in [9.17, 15) is 0 Å². The normalized spacial score (nSPS) is 21.8. The molecule has 0 saturated heterocycles. The predicted octanol–water partition coefficient (Wildman–Crippen LogP) is 0.189. The molecule has 1 heterocycles. The average molecular weight is 150 g/mol. The van der Waals surface area contributed by atoms with Crippen LogP contribution in [-0.2, 0) is 0 Å². The lowest BCUT2D eigenvalue weighted by atomic mass is 10.1. The monoisotopic (exact) mass is 150 g/mol. The molecule has 0 saturated carbocycles. The van der Waals surface area contributed by atoms with E-state index in [0.29, 0.717) is 0 Å². The van der Waals surface area contributed by atoms with Crippen LogP contribution >= 0.6 is 0 Å². The van der Waals surface area contributed by atoms with E-state index in [1.165, 1.54) is 0 Å². The molecule has 1 aliphatic heterocycles. The Morgan fingerprint density at radius 2 is 2.36 bits per heavy atom. The molecule has 0 spiro atoms. The largest absolute Gasteiger partial charge is 0.285 e. The van der Waals surface area contributed by atoms with E-state index in [1.807, 2.05) is 0 Å². The second kappa shape index (κ2) is 2.75. The molecule has 0 aromatic carbocycles. The van der Waals surface area contributed by atoms with Crippen molar-refractivity contribution in [1.29, 1.82) is 0 Å². The van der Waals surface area contributed by atoms with Crippen LogP contribution in [0.2, 0.25) is 0 Å². The molecule has 0 aromatic rings. The van der Waals surface area contributed by atoms with E-state index >= 15 is 0 Å². The Balaban J connectivity index is 2.14. The molecule has 0 bridgehead atoms. The molecule has 0 atom stereocenters. The summed E-state index contributed by atoms with van der Waals surface area (Å²) in [7, 11) is 0. The molecule has 3 N–H and O–H groups in total. The number of hydrazine groups is 2. The van der Waals surface area contributed by atoms with Crippen molar-refractivity contribution >= 4 is 5.84 Å². The number of rotatable bonds is 1. The zero-order chi connectivity index (χ0) is 7.52. The lowest BCUT2D eigenvalue weighted by molar-refractivity contribution is 0.577. The molecule has 0 aromatic heterocycles. The first-order valence-corrected chi connectivity index (χ1v) is 3.67. The summed E-state index contributed by atoms with van der Waals surface area (Å²) < 4.78 is 0. The van der Waals surface area contributed by atoms with Crippen LogP contribution in [0.15, 0.2) is 28.9 Å². The number of allylic oxidation sites excluding steroid dienone is 2. The first-order valence-electron chi connectivity index (χ1n) is 3.67. The van der Waals surface area contributed by atoms with Crippen molar-refractivity contribution in [3.63, 3.8) is 0 Å². The van der Waals surface area contributed by atoms with Gasteiger partial charge in [0.1, 0.15) is 0 Å². The van der Waals surface area contributed by atoms with Crippen LogP contribution < -0.4 is 16.5 Å². The summed E-state index contributed by atoms with van der Waals surface area (Å²) in [6.07, 6.45) is 8.63. The van der Waals surface area contributed by atoms with Gasteiger partial charge in [-0.1, -0.05) is 18.2 Å². The quantitative estimate of drug-likeness (QED) is 0.500. The third-order valence-electron chi connectivity index (χ3n) is 1.67. The minimum Gasteiger partial charge on any atom is -0.285 e. The Morgan fingerprint density at radius 3 is 3.00 bits per heavy atom. The molecule has 0 unspecified atom stereocenters. The van der Waals surface area contributed by atoms with Gasteiger partial charge in [-0.05, 0) is 12.8 Å². The van der Waals surface area contributed by atoms with Gasteiger partial charge in [0.05, 0.1) is 0 Å². The van der Waals surface area contributed by atoms with Gasteiger partial charge in [0.15, 0.2) is 5.84 Å². The Hall–Kier alpha value is -1.29. The number of amidine groups is 1. The maximum Gasteiger partial charge on any atom is 0.170 e. The van der Waals surface area contributed by atoms with E-state index in [2.05, 4.69) is 39.8 Å². The Bertz CT molecular complexity index is 239. The molecule has 1 aliphatic carbocycles. The Morgan fingerprint density at radius 1 is 1.36 bits per heavy atom. The standard InChI is InChI=1S/C7H10N4/c1-2-4-6(5-3-1)7-8-10-11-9-7/h2,4-5,10-11H,1,3H2,(H,8,9). The molecule has 4 nitrogen and oxygen atoms in total. The molecule has 0 amide bonds. The molecule has 4 heteroatoms. The molecular formula is C7H10N4. The lowest BCUT2D eigenvalue weighted by Gasteiger charge is -2.04. The number of hydrogen-bond acceptors (Lipinski definition) is 4. The first-order chi connectivity index (χ1) is 5.47. The number of hydrazone groups is 1. The van der Waals surface area contributed by atoms with E-state index < -0.39 is 0 Å². The van der Waals surface area contributed by atoms with Crippen molar-refractivity contribution in [2.45, 2.75) is 12.8 Å². The van der Waals surface area contributed by atoms with E-state index in [1.54, 1.807) is 0 Å². The summed E-state index contributed by atoms with van der Waals surface area (Å²) >= 11 is 0. The minimum absolute atomic E-state index is 0.862. The van der Waals surface area contributed by atoms with Crippen LogP contribution in [0.25, 0.3) is 0 Å². The fraction of sp³-hybridized carbons (Fsp3) is 0.286. The summed E-state index contributed by atoms with van der Waals surface area (Å²) in [5.74, 6) is 0.862. The van der Waals surface area contributed by atoms with Gasteiger partial charge in [0.25, 0.3) is 0 Å². The van der Waals surface area contributed by atoms with Crippen molar-refractivity contribution in [1.82, 2.24) is 16.5 Å². The smallest absolute Gasteiger partial charge is 0.170 e. The summed E-state index contributed by atoms with van der Waals surface area (Å²) in [6.45, 7) is 0. The Labute approximate surface area is 65.0 Å². The van der Waals surface area contributed by atoms with Gasteiger partial charge < -0.3 is 0 Å². The average Bonchev–Trinajstić information content (AvgIpc) is 2.58. The number of nitrogens with zero attached hydrogens (tertiary/aromatic N) is 1. The zero-order valence-corrected chi connectivity index (χ0v) is 6.09. The molecular weight excluding hydrogens is 140 g/mol. The van der Waals surface area contributed by atoms with Crippen molar-refractivity contribution in [2.24, 2.45) is 5.10 Å². The van der Waals surface area contributed by atoms with Crippen molar-refractivity contribution in [3.8, 4) is 0 Å². The lowest BCUT2D eigenvalue weighted by Crippen LogP contribution is -2.35. The summed E-state index contributed by atoms with van der Waals surface area (Å²) in [5.41, 5.74) is 9.36. The molecule has 58 valence electrons. The Kier molecular flexibility index (Phi) is 1.61. The fourth-order valence-electron chi connectivity index (χ4n) is 1.12. The summed E-state index contributed by atoms with van der Waals surface area (Å²) in [6, 6.07) is 0. The second-order valence-corrected chi connectivity index (χ2v) is 2.46. The first kappa shape index (κ1) is 6.42. The van der Waals surface area contributed by atoms with Gasteiger partial charge in [-0.25, -0.2) is 5.53 Å². The molecule has 0 radical (unpaired) electrons. The summed E-state index contributed by atoms with van der Waals surface area (Å²) in [5, 5.41) is 3.98. The van der Waals surface area contributed by atoms with Gasteiger partial charge in [-0.15, -0.1) is 10.6 Å².